The van der Waals surface area contributed by atoms with Crippen molar-refractivity contribution in [1.29, 1.82) is 0 Å². The zero-order valence-corrected chi connectivity index (χ0v) is 9.21. The first-order valence-electron chi connectivity index (χ1n) is 4.41. The summed E-state index contributed by atoms with van der Waals surface area (Å²) in [5.74, 6) is -3.05. The molecule has 0 aromatic carbocycles. The minimum atomic E-state index is -5.23. The van der Waals surface area contributed by atoms with Crippen LogP contribution in [0.5, 0.6) is 0 Å². The predicted molar refractivity (Wildman–Crippen MR) is 48.1 cm³/mol. The van der Waals surface area contributed by atoms with Gasteiger partial charge in [-0.1, -0.05) is 0 Å². The first-order chi connectivity index (χ1) is 7.62. The number of hydrogen-bond donors (Lipinski definition) is 7. The van der Waals surface area contributed by atoms with Crippen LogP contribution >= 0.6 is 7.82 Å². The van der Waals surface area contributed by atoms with Gasteiger partial charge in [-0.3, -0.25) is 0 Å². The molecule has 1 heterocycles. The van der Waals surface area contributed by atoms with Crippen molar-refractivity contribution in [2.24, 2.45) is 0 Å². The van der Waals surface area contributed by atoms with Gasteiger partial charge in [0, 0.05) is 0 Å². The lowest BCUT2D eigenvalue weighted by Gasteiger charge is -2.45. The predicted octanol–water partition coefficient (Wildman–Crippen LogP) is -3.78. The molecule has 0 spiro atoms. The summed E-state index contributed by atoms with van der Waals surface area (Å²) >= 11 is 0. The maximum absolute atomic E-state index is 10.6. The number of aliphatic hydroxyl groups is 5. The van der Waals surface area contributed by atoms with E-state index in [-0.39, 0.29) is 0 Å². The Morgan fingerprint density at radius 1 is 1.29 bits per heavy atom. The highest BCUT2D eigenvalue weighted by Gasteiger charge is 2.58. The molecular weight excluding hydrogens is 263 g/mol. The molecule has 1 rings (SSSR count). The molecule has 0 saturated carbocycles. The molecule has 102 valence electrons. The molecule has 0 aromatic heterocycles. The quantitative estimate of drug-likeness (QED) is 0.200. The molecule has 0 aliphatic carbocycles. The Hall–Kier alpha value is -0.130. The molecule has 1 saturated heterocycles. The summed E-state index contributed by atoms with van der Waals surface area (Å²) in [7, 11) is -5.23. The second kappa shape index (κ2) is 4.86. The molecule has 0 bridgehead atoms. The van der Waals surface area contributed by atoms with Gasteiger partial charge < -0.3 is 40.1 Å². The van der Waals surface area contributed by atoms with Crippen LogP contribution in [0.1, 0.15) is 0 Å². The average Bonchev–Trinajstić information content (AvgIpc) is 2.18. The van der Waals surface area contributed by atoms with Crippen LogP contribution in [0.15, 0.2) is 0 Å². The highest BCUT2D eigenvalue weighted by Crippen LogP contribution is 2.45. The molecule has 7 N–H and O–H groups in total. The van der Waals surface area contributed by atoms with Crippen LogP contribution in [0.4, 0.5) is 0 Å². The highest BCUT2D eigenvalue weighted by atomic mass is 31.2. The zero-order chi connectivity index (χ0) is 13.4. The number of hydrogen-bond acceptors (Lipinski definition) is 8. The van der Waals surface area contributed by atoms with E-state index in [0.717, 1.165) is 0 Å². The fraction of sp³-hybridized carbons (Fsp3) is 1.00. The van der Waals surface area contributed by atoms with Crippen molar-refractivity contribution >= 4 is 7.82 Å². The molecule has 1 aliphatic rings. The second-order valence-corrected chi connectivity index (χ2v) is 4.63. The molecule has 0 amide bonds. The summed E-state index contributed by atoms with van der Waals surface area (Å²) in [6.45, 7) is -1.02. The summed E-state index contributed by atoms with van der Waals surface area (Å²) in [5.41, 5.74) is 0. The summed E-state index contributed by atoms with van der Waals surface area (Å²) in [6.07, 6.45) is -8.13. The van der Waals surface area contributed by atoms with Crippen molar-refractivity contribution in [2.45, 2.75) is 30.4 Å². The van der Waals surface area contributed by atoms with E-state index in [1.54, 1.807) is 0 Å². The van der Waals surface area contributed by atoms with Gasteiger partial charge in [0.2, 0.25) is 5.79 Å². The van der Waals surface area contributed by atoms with E-state index in [1.165, 1.54) is 0 Å². The summed E-state index contributed by atoms with van der Waals surface area (Å²) in [5, 5.41) is 46.2. The lowest BCUT2D eigenvalue weighted by molar-refractivity contribution is -0.373. The molecule has 11 heteroatoms. The monoisotopic (exact) mass is 276 g/mol. The molecule has 17 heavy (non-hydrogen) atoms. The van der Waals surface area contributed by atoms with Crippen molar-refractivity contribution in [2.75, 3.05) is 6.61 Å². The van der Waals surface area contributed by atoms with Gasteiger partial charge >= 0.3 is 7.82 Å². The number of phosphoric acid groups is 1. The van der Waals surface area contributed by atoms with E-state index in [2.05, 4.69) is 9.26 Å². The van der Waals surface area contributed by atoms with Gasteiger partial charge in [-0.05, 0) is 0 Å². The molecule has 1 fully saturated rings. The van der Waals surface area contributed by atoms with Crippen molar-refractivity contribution in [1.82, 2.24) is 0 Å². The normalized spacial score (nSPS) is 43.7. The topological polar surface area (TPSA) is 177 Å². The summed E-state index contributed by atoms with van der Waals surface area (Å²) in [6, 6.07) is 0. The first-order valence-corrected chi connectivity index (χ1v) is 5.94. The average molecular weight is 276 g/mol. The van der Waals surface area contributed by atoms with E-state index in [4.69, 9.17) is 20.0 Å². The first kappa shape index (κ1) is 14.9. The van der Waals surface area contributed by atoms with Crippen molar-refractivity contribution in [3.8, 4) is 0 Å². The van der Waals surface area contributed by atoms with Gasteiger partial charge in [0.15, 0.2) is 6.29 Å². The Bertz CT molecular complexity index is 312. The summed E-state index contributed by atoms with van der Waals surface area (Å²) in [4.78, 5) is 17.1. The SMILES string of the molecule is O=P(O)(O)O[C@]1(O)[C@@H](CO)OC(O)[C@H](O)[C@@H]1O. The van der Waals surface area contributed by atoms with Crippen LogP contribution in [0.25, 0.3) is 0 Å². The summed E-state index contributed by atoms with van der Waals surface area (Å²) < 4.78 is 19.0. The molecule has 5 atom stereocenters. The largest absolute Gasteiger partial charge is 0.472 e. The molecule has 0 radical (unpaired) electrons. The Labute approximate surface area is 94.9 Å². The lowest BCUT2D eigenvalue weighted by Crippen LogP contribution is -2.67. The van der Waals surface area contributed by atoms with Crippen molar-refractivity contribution in [3.63, 3.8) is 0 Å². The third-order valence-corrected chi connectivity index (χ3v) is 2.77. The molecule has 0 aromatic rings. The Morgan fingerprint density at radius 3 is 2.24 bits per heavy atom. The van der Waals surface area contributed by atoms with E-state index in [0.29, 0.717) is 0 Å². The van der Waals surface area contributed by atoms with Gasteiger partial charge in [0.25, 0.3) is 0 Å². The number of aliphatic hydroxyl groups excluding tert-OH is 4. The minimum Gasteiger partial charge on any atom is -0.393 e. The van der Waals surface area contributed by atoms with Gasteiger partial charge in [0.05, 0.1) is 6.61 Å². The van der Waals surface area contributed by atoms with Crippen molar-refractivity contribution in [3.05, 3.63) is 0 Å². The standard InChI is InChI=1S/C6H13O10P/c7-1-2-6(11,16-17(12,13)14)4(9)3(8)5(10)15-2/h2-5,7-11H,1H2,(H2,12,13,14)/t2-,3-,4+,5?,6-/m1/s1. The zero-order valence-electron chi connectivity index (χ0n) is 8.32. The van der Waals surface area contributed by atoms with Gasteiger partial charge in [-0.25, -0.2) is 9.09 Å². The molecule has 10 nitrogen and oxygen atoms in total. The number of rotatable bonds is 3. The minimum absolute atomic E-state index is 1.02. The Kier molecular flexibility index (Phi) is 4.27. The van der Waals surface area contributed by atoms with Crippen LogP contribution < -0.4 is 0 Å². The fourth-order valence-corrected chi connectivity index (χ4v) is 2.02. The number of phosphoric ester groups is 1. The molecular formula is C6H13O10P. The van der Waals surface area contributed by atoms with Gasteiger partial charge in [0.1, 0.15) is 18.3 Å². The number of ether oxygens (including phenoxy) is 1. The van der Waals surface area contributed by atoms with Crippen LogP contribution in [0, 0.1) is 0 Å². The van der Waals surface area contributed by atoms with E-state index in [1.807, 2.05) is 0 Å². The van der Waals surface area contributed by atoms with Crippen LogP contribution in [0.2, 0.25) is 0 Å². The van der Waals surface area contributed by atoms with Gasteiger partial charge in [-0.15, -0.1) is 0 Å². The van der Waals surface area contributed by atoms with Crippen LogP contribution in [0.3, 0.4) is 0 Å². The van der Waals surface area contributed by atoms with Gasteiger partial charge in [-0.2, -0.15) is 0 Å². The van der Waals surface area contributed by atoms with Crippen molar-refractivity contribution < 1.29 is 49.1 Å². The van der Waals surface area contributed by atoms with E-state index >= 15 is 0 Å². The van der Waals surface area contributed by atoms with Crippen LogP contribution in [-0.2, 0) is 13.8 Å². The smallest absolute Gasteiger partial charge is 0.393 e. The fourth-order valence-electron chi connectivity index (χ4n) is 1.41. The lowest BCUT2D eigenvalue weighted by atomic mass is 9.95. The third kappa shape index (κ3) is 3.01. The Balaban J connectivity index is 3.02. The second-order valence-electron chi connectivity index (χ2n) is 3.47. The maximum Gasteiger partial charge on any atom is 0.472 e. The third-order valence-electron chi connectivity index (χ3n) is 2.24. The Morgan fingerprint density at radius 2 is 1.82 bits per heavy atom. The maximum atomic E-state index is 10.6. The molecule has 1 unspecified atom stereocenters. The highest BCUT2D eigenvalue weighted by molar-refractivity contribution is 7.46. The van der Waals surface area contributed by atoms with E-state index in [9.17, 15) is 19.9 Å². The van der Waals surface area contributed by atoms with E-state index < -0.39 is 44.8 Å². The van der Waals surface area contributed by atoms with Crippen LogP contribution in [-0.4, -0.2) is 72.3 Å². The molecule has 1 aliphatic heterocycles.